The third-order valence-corrected chi connectivity index (χ3v) is 5.12. The molecule has 0 bridgehead atoms. The van der Waals surface area contributed by atoms with E-state index in [2.05, 4.69) is 36.3 Å². The maximum atomic E-state index is 5.93. The third-order valence-electron chi connectivity index (χ3n) is 3.87. The fourth-order valence-electron chi connectivity index (χ4n) is 2.73. The Morgan fingerprint density at radius 2 is 2.25 bits per heavy atom. The molecule has 0 aliphatic carbocycles. The van der Waals surface area contributed by atoms with Crippen molar-refractivity contribution in [3.05, 3.63) is 21.9 Å². The van der Waals surface area contributed by atoms with Gasteiger partial charge in [0.1, 0.15) is 0 Å². The van der Waals surface area contributed by atoms with Crippen molar-refractivity contribution < 1.29 is 4.74 Å². The molecule has 1 aromatic rings. The number of hydrogen-bond acceptors (Lipinski definition) is 5. The van der Waals surface area contributed by atoms with Gasteiger partial charge in [0.2, 0.25) is 0 Å². The minimum atomic E-state index is 0.187. The normalized spacial score (nSPS) is 22.1. The first kappa shape index (κ1) is 15.9. The molecule has 1 fully saturated rings. The third kappa shape index (κ3) is 4.27. The Kier molecular flexibility index (Phi) is 6.45. The number of nitrogens with zero attached hydrogens (tertiary/aromatic N) is 1. The van der Waals surface area contributed by atoms with Crippen LogP contribution in [0.25, 0.3) is 0 Å². The average molecular weight is 297 g/mol. The summed E-state index contributed by atoms with van der Waals surface area (Å²) in [6.45, 7) is 8.40. The van der Waals surface area contributed by atoms with Crippen molar-refractivity contribution >= 4 is 11.3 Å². The standard InChI is InChI=1S/C15H27N3OS/c1-3-7-18-8-9-19-15(11-18)14(17-16)10-13-6-5-12(4-2)20-13/h5-6,14-15,17H,3-4,7-11,16H2,1-2H3. The lowest BCUT2D eigenvalue weighted by atomic mass is 10.1. The Labute approximate surface area is 126 Å². The molecule has 0 spiro atoms. The zero-order valence-electron chi connectivity index (χ0n) is 12.6. The highest BCUT2D eigenvalue weighted by Crippen LogP contribution is 2.20. The number of morpholine rings is 1. The first-order valence-corrected chi connectivity index (χ1v) is 8.46. The van der Waals surface area contributed by atoms with Crippen LogP contribution in [-0.4, -0.2) is 43.3 Å². The van der Waals surface area contributed by atoms with Gasteiger partial charge in [-0.15, -0.1) is 11.3 Å². The molecule has 0 aromatic carbocycles. The average Bonchev–Trinajstić information content (AvgIpc) is 2.93. The fourth-order valence-corrected chi connectivity index (χ4v) is 3.75. The summed E-state index contributed by atoms with van der Waals surface area (Å²) in [6.07, 6.45) is 3.44. The number of nitrogens with one attached hydrogen (secondary N) is 1. The van der Waals surface area contributed by atoms with Gasteiger partial charge in [0.15, 0.2) is 0 Å². The van der Waals surface area contributed by atoms with Crippen molar-refractivity contribution in [3.63, 3.8) is 0 Å². The smallest absolute Gasteiger partial charge is 0.0872 e. The van der Waals surface area contributed by atoms with E-state index >= 15 is 0 Å². The number of thiophene rings is 1. The first-order chi connectivity index (χ1) is 9.76. The van der Waals surface area contributed by atoms with Crippen LogP contribution in [0, 0.1) is 0 Å². The molecule has 0 saturated carbocycles. The van der Waals surface area contributed by atoms with Gasteiger partial charge >= 0.3 is 0 Å². The number of rotatable bonds is 7. The fraction of sp³-hybridized carbons (Fsp3) is 0.733. The number of hydrogen-bond donors (Lipinski definition) is 2. The molecule has 2 unspecified atom stereocenters. The highest BCUT2D eigenvalue weighted by atomic mass is 32.1. The first-order valence-electron chi connectivity index (χ1n) is 7.64. The van der Waals surface area contributed by atoms with Crippen LogP contribution in [0.3, 0.4) is 0 Å². The molecule has 1 saturated heterocycles. The lowest BCUT2D eigenvalue weighted by Crippen LogP contribution is -2.54. The van der Waals surface area contributed by atoms with Gasteiger partial charge in [0.05, 0.1) is 18.8 Å². The minimum Gasteiger partial charge on any atom is -0.374 e. The highest BCUT2D eigenvalue weighted by molar-refractivity contribution is 7.11. The summed E-state index contributed by atoms with van der Waals surface area (Å²) < 4.78 is 5.93. The van der Waals surface area contributed by atoms with Crippen LogP contribution in [-0.2, 0) is 17.6 Å². The van der Waals surface area contributed by atoms with Crippen LogP contribution >= 0.6 is 11.3 Å². The second-order valence-electron chi connectivity index (χ2n) is 5.41. The summed E-state index contributed by atoms with van der Waals surface area (Å²) >= 11 is 1.89. The van der Waals surface area contributed by atoms with E-state index in [1.807, 2.05) is 11.3 Å². The Morgan fingerprint density at radius 1 is 1.45 bits per heavy atom. The number of ether oxygens (including phenoxy) is 1. The SMILES string of the molecule is CCCN1CCOC(C(Cc2ccc(CC)s2)NN)C1. The summed E-state index contributed by atoms with van der Waals surface area (Å²) in [6, 6.07) is 4.64. The van der Waals surface area contributed by atoms with E-state index in [4.69, 9.17) is 10.6 Å². The molecule has 2 atom stereocenters. The zero-order valence-corrected chi connectivity index (χ0v) is 13.4. The van der Waals surface area contributed by atoms with Gasteiger partial charge in [0.25, 0.3) is 0 Å². The molecular weight excluding hydrogens is 270 g/mol. The second kappa shape index (κ2) is 8.10. The molecule has 1 aromatic heterocycles. The van der Waals surface area contributed by atoms with Crippen molar-refractivity contribution in [2.75, 3.05) is 26.2 Å². The molecule has 0 amide bonds. The molecule has 1 aliphatic heterocycles. The summed E-state index contributed by atoms with van der Waals surface area (Å²) in [4.78, 5) is 5.30. The van der Waals surface area contributed by atoms with Crippen molar-refractivity contribution in [2.45, 2.75) is 45.3 Å². The minimum absolute atomic E-state index is 0.187. The van der Waals surface area contributed by atoms with E-state index in [0.717, 1.165) is 39.1 Å². The summed E-state index contributed by atoms with van der Waals surface area (Å²) in [5.74, 6) is 5.77. The largest absolute Gasteiger partial charge is 0.374 e. The maximum Gasteiger partial charge on any atom is 0.0872 e. The predicted molar refractivity (Wildman–Crippen MR) is 85.0 cm³/mol. The topological polar surface area (TPSA) is 50.5 Å². The zero-order chi connectivity index (χ0) is 14.4. The summed E-state index contributed by atoms with van der Waals surface area (Å²) in [7, 11) is 0. The van der Waals surface area contributed by atoms with E-state index in [0.29, 0.717) is 0 Å². The molecule has 20 heavy (non-hydrogen) atoms. The van der Waals surface area contributed by atoms with Gasteiger partial charge in [-0.3, -0.25) is 16.2 Å². The number of nitrogens with two attached hydrogens (primary N) is 1. The van der Waals surface area contributed by atoms with E-state index in [9.17, 15) is 0 Å². The van der Waals surface area contributed by atoms with E-state index in [1.54, 1.807) is 0 Å². The molecule has 2 rings (SSSR count). The Bertz CT molecular complexity index is 394. The lowest BCUT2D eigenvalue weighted by Gasteiger charge is -2.36. The predicted octanol–water partition coefficient (Wildman–Crippen LogP) is 1.80. The van der Waals surface area contributed by atoms with Gasteiger partial charge in [-0.05, 0) is 31.5 Å². The van der Waals surface area contributed by atoms with Crippen LogP contribution in [0.2, 0.25) is 0 Å². The Morgan fingerprint density at radius 3 is 2.90 bits per heavy atom. The van der Waals surface area contributed by atoms with Crippen molar-refractivity contribution in [1.29, 1.82) is 0 Å². The van der Waals surface area contributed by atoms with Crippen molar-refractivity contribution in [2.24, 2.45) is 5.84 Å². The van der Waals surface area contributed by atoms with Crippen LogP contribution in [0.15, 0.2) is 12.1 Å². The van der Waals surface area contributed by atoms with Gasteiger partial charge in [0, 0.05) is 29.3 Å². The molecule has 114 valence electrons. The Hall–Kier alpha value is -0.460. The monoisotopic (exact) mass is 297 g/mol. The molecule has 5 heteroatoms. The highest BCUT2D eigenvalue weighted by Gasteiger charge is 2.27. The molecular formula is C15H27N3OS. The van der Waals surface area contributed by atoms with Gasteiger partial charge in [-0.1, -0.05) is 13.8 Å². The van der Waals surface area contributed by atoms with E-state index < -0.39 is 0 Å². The van der Waals surface area contributed by atoms with Gasteiger partial charge in [-0.2, -0.15) is 0 Å². The van der Waals surface area contributed by atoms with Crippen molar-refractivity contribution in [1.82, 2.24) is 10.3 Å². The van der Waals surface area contributed by atoms with Crippen molar-refractivity contribution in [3.8, 4) is 0 Å². The van der Waals surface area contributed by atoms with Crippen LogP contribution in [0.5, 0.6) is 0 Å². The number of aryl methyl sites for hydroxylation is 1. The van der Waals surface area contributed by atoms with Crippen LogP contribution in [0.1, 0.15) is 30.0 Å². The summed E-state index contributed by atoms with van der Waals surface area (Å²) in [5.41, 5.74) is 2.97. The maximum absolute atomic E-state index is 5.93. The second-order valence-corrected chi connectivity index (χ2v) is 6.66. The molecule has 4 nitrogen and oxygen atoms in total. The quantitative estimate of drug-likeness (QED) is 0.595. The van der Waals surface area contributed by atoms with E-state index in [-0.39, 0.29) is 12.1 Å². The van der Waals surface area contributed by atoms with E-state index in [1.165, 1.54) is 16.2 Å². The molecule has 1 aliphatic rings. The number of hydrazine groups is 1. The van der Waals surface area contributed by atoms with Gasteiger partial charge in [-0.25, -0.2) is 0 Å². The van der Waals surface area contributed by atoms with Crippen LogP contribution < -0.4 is 11.3 Å². The van der Waals surface area contributed by atoms with Gasteiger partial charge < -0.3 is 4.74 Å². The lowest BCUT2D eigenvalue weighted by molar-refractivity contribution is -0.0461. The summed E-state index contributed by atoms with van der Waals surface area (Å²) in [5, 5.41) is 0. The molecule has 3 N–H and O–H groups in total. The van der Waals surface area contributed by atoms with Crippen LogP contribution in [0.4, 0.5) is 0 Å². The Balaban J connectivity index is 1.93. The molecule has 0 radical (unpaired) electrons. The molecule has 2 heterocycles.